The minimum Gasteiger partial charge on any atom is -0.356 e. The number of rotatable bonds is 3. The number of aromatic nitrogens is 4. The molecular formula is C34H39BrN10. The summed E-state index contributed by atoms with van der Waals surface area (Å²) in [6.07, 6.45) is 8.35. The van der Waals surface area contributed by atoms with Crippen molar-refractivity contribution in [2.75, 3.05) is 57.3 Å². The molecule has 232 valence electrons. The molecule has 4 aromatic rings. The van der Waals surface area contributed by atoms with Crippen molar-refractivity contribution in [1.29, 1.82) is 0 Å². The maximum atomic E-state index is 4.81. The van der Waals surface area contributed by atoms with Gasteiger partial charge in [0, 0.05) is 64.8 Å². The lowest BCUT2D eigenvalue weighted by molar-refractivity contribution is 0.346. The van der Waals surface area contributed by atoms with Crippen LogP contribution >= 0.6 is 15.9 Å². The summed E-state index contributed by atoms with van der Waals surface area (Å²) in [7, 11) is 0. The number of aliphatic imine (C=N–C) groups is 2. The highest BCUT2D eigenvalue weighted by molar-refractivity contribution is 9.10. The smallest absolute Gasteiger partial charge is 0.202 e. The van der Waals surface area contributed by atoms with E-state index in [1.165, 1.54) is 25.9 Å². The molecule has 0 bridgehead atoms. The van der Waals surface area contributed by atoms with Gasteiger partial charge in [-0.15, -0.1) is 0 Å². The first-order chi connectivity index (χ1) is 22.2. The number of nitrogens with zero attached hydrogens (tertiary/aromatic N) is 9. The standard InChI is InChI=1S/C17H19N5.C10H7BrN2.C7H13N3/c1-2-9-18-14(6-1)15-7-3-8-16(20-15)22-13-5-12-21-11-4-10-19-17(21)22;11-10-6-3-5-9(13-10)8-4-1-2-7-12-8;1-3-8-7-9-4-2-6-10(7)5-1/h1-3,6-9H,4-5,10-13H2;1-7H;1-6H2,(H,8,9). The maximum absolute atomic E-state index is 4.81. The zero-order chi connectivity index (χ0) is 30.7. The van der Waals surface area contributed by atoms with Crippen molar-refractivity contribution in [3.8, 4) is 22.8 Å². The van der Waals surface area contributed by atoms with Crippen LogP contribution in [-0.2, 0) is 0 Å². The minimum absolute atomic E-state index is 0.829. The van der Waals surface area contributed by atoms with Crippen LogP contribution in [-0.4, -0.2) is 94.0 Å². The number of pyridine rings is 4. The quantitative estimate of drug-likeness (QED) is 0.292. The average molecular weight is 668 g/mol. The first kappa shape index (κ1) is 30.6. The van der Waals surface area contributed by atoms with Crippen molar-refractivity contribution >= 4 is 33.7 Å². The van der Waals surface area contributed by atoms with E-state index in [4.69, 9.17) is 9.98 Å². The highest BCUT2D eigenvalue weighted by atomic mass is 79.9. The number of nitrogens with one attached hydrogen (secondary N) is 1. The second-order valence-corrected chi connectivity index (χ2v) is 11.8. The molecule has 10 nitrogen and oxygen atoms in total. The van der Waals surface area contributed by atoms with Crippen LogP contribution in [0, 0.1) is 0 Å². The molecule has 0 amide bonds. The fraction of sp³-hybridized carbons (Fsp3) is 0.353. The second kappa shape index (κ2) is 15.6. The van der Waals surface area contributed by atoms with Gasteiger partial charge >= 0.3 is 0 Å². The molecule has 4 aromatic heterocycles. The molecule has 2 saturated heterocycles. The van der Waals surface area contributed by atoms with Gasteiger partial charge in [-0.25, -0.2) is 9.97 Å². The monoisotopic (exact) mass is 666 g/mol. The maximum Gasteiger partial charge on any atom is 0.202 e. The van der Waals surface area contributed by atoms with Gasteiger partial charge in [-0.05, 0) is 90.1 Å². The molecule has 0 atom stereocenters. The normalized spacial score (nSPS) is 17.1. The molecule has 0 spiro atoms. The van der Waals surface area contributed by atoms with Crippen molar-refractivity contribution in [3.05, 3.63) is 89.8 Å². The largest absolute Gasteiger partial charge is 0.356 e. The van der Waals surface area contributed by atoms with Gasteiger partial charge in [0.15, 0.2) is 5.96 Å². The van der Waals surface area contributed by atoms with Crippen molar-refractivity contribution < 1.29 is 0 Å². The summed E-state index contributed by atoms with van der Waals surface area (Å²) in [5.74, 6) is 3.19. The van der Waals surface area contributed by atoms with Gasteiger partial charge < -0.3 is 15.1 Å². The molecule has 0 aromatic carbocycles. The summed E-state index contributed by atoms with van der Waals surface area (Å²) < 4.78 is 0.829. The van der Waals surface area contributed by atoms with E-state index >= 15 is 0 Å². The van der Waals surface area contributed by atoms with Crippen LogP contribution in [0.25, 0.3) is 22.8 Å². The molecule has 2 fully saturated rings. The van der Waals surface area contributed by atoms with Crippen LogP contribution in [0.5, 0.6) is 0 Å². The Morgan fingerprint density at radius 1 is 0.578 bits per heavy atom. The Labute approximate surface area is 273 Å². The molecule has 0 aliphatic carbocycles. The molecule has 4 aliphatic heterocycles. The minimum atomic E-state index is 0.829. The molecule has 4 aliphatic rings. The Hall–Kier alpha value is -4.38. The predicted octanol–water partition coefficient (Wildman–Crippen LogP) is 5.36. The number of fused-ring (bicyclic) bond motifs is 2. The topological polar surface area (TPSA) is 98.0 Å². The number of guanidine groups is 2. The van der Waals surface area contributed by atoms with Gasteiger partial charge in [-0.2, -0.15) is 0 Å². The lowest BCUT2D eigenvalue weighted by Gasteiger charge is -2.40. The molecule has 1 N–H and O–H groups in total. The van der Waals surface area contributed by atoms with Gasteiger partial charge in [-0.3, -0.25) is 24.9 Å². The number of hydrogen-bond donors (Lipinski definition) is 1. The van der Waals surface area contributed by atoms with E-state index in [1.54, 1.807) is 12.4 Å². The molecule has 8 heterocycles. The van der Waals surface area contributed by atoms with E-state index in [1.807, 2.05) is 60.7 Å². The summed E-state index contributed by atoms with van der Waals surface area (Å²) in [5, 5.41) is 3.30. The Kier molecular flexibility index (Phi) is 10.6. The third-order valence-corrected chi connectivity index (χ3v) is 8.23. The zero-order valence-electron chi connectivity index (χ0n) is 25.5. The van der Waals surface area contributed by atoms with E-state index in [-0.39, 0.29) is 0 Å². The summed E-state index contributed by atoms with van der Waals surface area (Å²) in [6, 6.07) is 23.6. The molecule has 0 radical (unpaired) electrons. The van der Waals surface area contributed by atoms with E-state index in [0.717, 1.165) is 97.2 Å². The fourth-order valence-electron chi connectivity index (χ4n) is 5.65. The Bertz CT molecular complexity index is 1580. The lowest BCUT2D eigenvalue weighted by atomic mass is 10.2. The second-order valence-electron chi connectivity index (χ2n) is 11.0. The first-order valence-corrected chi connectivity index (χ1v) is 16.6. The highest BCUT2D eigenvalue weighted by Gasteiger charge is 2.27. The van der Waals surface area contributed by atoms with Crippen molar-refractivity contribution in [2.45, 2.75) is 25.7 Å². The van der Waals surface area contributed by atoms with E-state index in [0.29, 0.717) is 0 Å². The first-order valence-electron chi connectivity index (χ1n) is 15.8. The van der Waals surface area contributed by atoms with Crippen molar-refractivity contribution in [1.82, 2.24) is 35.1 Å². The Morgan fingerprint density at radius 2 is 1.22 bits per heavy atom. The molecule has 45 heavy (non-hydrogen) atoms. The third-order valence-electron chi connectivity index (χ3n) is 7.79. The average Bonchev–Trinajstić information content (AvgIpc) is 3.13. The van der Waals surface area contributed by atoms with Crippen LogP contribution in [0.15, 0.2) is 99.8 Å². The van der Waals surface area contributed by atoms with Gasteiger partial charge in [0.25, 0.3) is 0 Å². The Morgan fingerprint density at radius 3 is 1.93 bits per heavy atom. The highest BCUT2D eigenvalue weighted by Crippen LogP contribution is 2.23. The number of hydrogen-bond acceptors (Lipinski definition) is 10. The van der Waals surface area contributed by atoms with Crippen LogP contribution in [0.2, 0.25) is 0 Å². The molecule has 0 unspecified atom stereocenters. The van der Waals surface area contributed by atoms with Gasteiger partial charge in [0.2, 0.25) is 5.96 Å². The van der Waals surface area contributed by atoms with Gasteiger partial charge in [0.05, 0.1) is 22.8 Å². The fourth-order valence-corrected chi connectivity index (χ4v) is 5.99. The van der Waals surface area contributed by atoms with Gasteiger partial charge in [-0.1, -0.05) is 24.3 Å². The molecule has 11 heteroatoms. The number of anilines is 1. The summed E-state index contributed by atoms with van der Waals surface area (Å²) in [4.78, 5) is 33.8. The van der Waals surface area contributed by atoms with Gasteiger partial charge in [0.1, 0.15) is 10.4 Å². The van der Waals surface area contributed by atoms with E-state index < -0.39 is 0 Å². The summed E-state index contributed by atoms with van der Waals surface area (Å²) >= 11 is 3.32. The van der Waals surface area contributed by atoms with Crippen LogP contribution in [0.4, 0.5) is 5.82 Å². The van der Waals surface area contributed by atoms with E-state index in [2.05, 4.69) is 68.0 Å². The third kappa shape index (κ3) is 8.21. The molecular weight excluding hydrogens is 628 g/mol. The molecule has 0 saturated carbocycles. The number of halogens is 1. The van der Waals surface area contributed by atoms with Crippen LogP contribution in [0.3, 0.4) is 0 Å². The lowest BCUT2D eigenvalue weighted by Crippen LogP contribution is -2.52. The Balaban J connectivity index is 0.000000131. The molecule has 8 rings (SSSR count). The van der Waals surface area contributed by atoms with Crippen molar-refractivity contribution in [3.63, 3.8) is 0 Å². The summed E-state index contributed by atoms with van der Waals surface area (Å²) in [6.45, 7) is 8.63. The SMILES string of the molecule is Brc1cccc(-c2ccccn2)n1.C1CN=C2NCCCN2C1.c1ccc(-c2cccc(N3CCCN4CCCN=C43)n2)nc1. The summed E-state index contributed by atoms with van der Waals surface area (Å²) in [5.41, 5.74) is 3.59. The zero-order valence-corrected chi connectivity index (χ0v) is 27.1. The predicted molar refractivity (Wildman–Crippen MR) is 184 cm³/mol. The van der Waals surface area contributed by atoms with E-state index in [9.17, 15) is 0 Å². The van der Waals surface area contributed by atoms with Crippen molar-refractivity contribution in [2.24, 2.45) is 9.98 Å². The van der Waals surface area contributed by atoms with Crippen LogP contribution in [0.1, 0.15) is 25.7 Å². The van der Waals surface area contributed by atoms with Crippen LogP contribution < -0.4 is 10.2 Å².